The number of benzene rings is 3. The van der Waals surface area contributed by atoms with Crippen LogP contribution in [0.3, 0.4) is 0 Å². The third kappa shape index (κ3) is 6.28. The summed E-state index contributed by atoms with van der Waals surface area (Å²) in [5.41, 5.74) is 3.08. The zero-order valence-corrected chi connectivity index (χ0v) is 18.3. The van der Waals surface area contributed by atoms with Crippen molar-refractivity contribution in [3.8, 4) is 11.5 Å². The number of nitrogens with one attached hydrogen (secondary N) is 1. The molecule has 3 rings (SSSR count). The van der Waals surface area contributed by atoms with Crippen LogP contribution in [0.5, 0.6) is 11.5 Å². The molecule has 6 heteroatoms. The third-order valence-electron chi connectivity index (χ3n) is 4.45. The third-order valence-corrected chi connectivity index (χ3v) is 5.28. The quantitative estimate of drug-likeness (QED) is 0.374. The maximum Gasteiger partial charge on any atom is 0.166 e. The molecule has 0 radical (unpaired) electrons. The van der Waals surface area contributed by atoms with Gasteiger partial charge in [0.15, 0.2) is 11.5 Å². The van der Waals surface area contributed by atoms with Crippen molar-refractivity contribution in [2.75, 3.05) is 13.7 Å². The summed E-state index contributed by atoms with van der Waals surface area (Å²) in [6, 6.07) is 19.1. The van der Waals surface area contributed by atoms with Gasteiger partial charge in [0.25, 0.3) is 0 Å². The molecule has 0 spiro atoms. The molecule has 0 amide bonds. The minimum absolute atomic E-state index is 0.411. The summed E-state index contributed by atoms with van der Waals surface area (Å²) in [5, 5.41) is 5.46. The highest BCUT2D eigenvalue weighted by Gasteiger charge is 2.11. The normalized spacial score (nSPS) is 10.8. The topological polar surface area (TPSA) is 30.5 Å². The number of hydrogen-bond acceptors (Lipinski definition) is 3. The number of para-hydroxylation sites is 1. The van der Waals surface area contributed by atoms with Crippen molar-refractivity contribution in [2.24, 2.45) is 0 Å². The molecular weight excluding hydrogens is 429 g/mol. The Morgan fingerprint density at radius 2 is 1.66 bits per heavy atom. The van der Waals surface area contributed by atoms with E-state index in [2.05, 4.69) is 5.32 Å². The molecule has 0 unspecified atom stereocenters. The van der Waals surface area contributed by atoms with E-state index in [4.69, 9.17) is 44.3 Å². The molecule has 152 valence electrons. The second kappa shape index (κ2) is 10.7. The van der Waals surface area contributed by atoms with Gasteiger partial charge in [-0.3, -0.25) is 0 Å². The van der Waals surface area contributed by atoms with Crippen molar-refractivity contribution in [1.82, 2.24) is 5.32 Å². The van der Waals surface area contributed by atoms with Gasteiger partial charge in [0.1, 0.15) is 6.61 Å². The highest BCUT2D eigenvalue weighted by Crippen LogP contribution is 2.32. The molecule has 0 aliphatic carbocycles. The zero-order chi connectivity index (χ0) is 20.6. The lowest BCUT2D eigenvalue weighted by Crippen LogP contribution is -2.17. The summed E-state index contributed by atoms with van der Waals surface area (Å²) < 4.78 is 11.6. The first-order chi connectivity index (χ1) is 14.1. The summed E-state index contributed by atoms with van der Waals surface area (Å²) in [6.45, 7) is 1.83. The van der Waals surface area contributed by atoms with E-state index in [1.807, 2.05) is 54.6 Å². The second-order valence-electron chi connectivity index (χ2n) is 6.53. The van der Waals surface area contributed by atoms with Crippen LogP contribution in [-0.2, 0) is 19.6 Å². The molecule has 0 bridgehead atoms. The highest BCUT2D eigenvalue weighted by molar-refractivity contribution is 6.35. The fourth-order valence-corrected chi connectivity index (χ4v) is 3.69. The molecule has 3 aromatic rings. The van der Waals surface area contributed by atoms with Crippen molar-refractivity contribution in [3.05, 3.63) is 92.4 Å². The van der Waals surface area contributed by atoms with E-state index in [1.54, 1.807) is 13.2 Å². The van der Waals surface area contributed by atoms with Gasteiger partial charge in [0.05, 0.1) is 7.11 Å². The van der Waals surface area contributed by atoms with Gasteiger partial charge in [0, 0.05) is 27.2 Å². The van der Waals surface area contributed by atoms with E-state index >= 15 is 0 Å². The number of rotatable bonds is 9. The summed E-state index contributed by atoms with van der Waals surface area (Å²) >= 11 is 18.3. The number of methoxy groups -OCH3 is 1. The smallest absolute Gasteiger partial charge is 0.166 e. The predicted molar refractivity (Wildman–Crippen MR) is 121 cm³/mol. The van der Waals surface area contributed by atoms with E-state index in [1.165, 1.54) is 0 Å². The molecule has 0 saturated carbocycles. The Hall–Kier alpha value is -1.91. The zero-order valence-electron chi connectivity index (χ0n) is 16.1. The van der Waals surface area contributed by atoms with Crippen LogP contribution in [0, 0.1) is 0 Å². The van der Waals surface area contributed by atoms with Gasteiger partial charge < -0.3 is 14.8 Å². The van der Waals surface area contributed by atoms with Crippen LogP contribution in [0.4, 0.5) is 0 Å². The molecule has 3 nitrogen and oxygen atoms in total. The van der Waals surface area contributed by atoms with Gasteiger partial charge in [-0.15, -0.1) is 0 Å². The summed E-state index contributed by atoms with van der Waals surface area (Å²) in [4.78, 5) is 0. The fraction of sp³-hybridized carbons (Fsp3) is 0.217. The van der Waals surface area contributed by atoms with E-state index in [-0.39, 0.29) is 0 Å². The molecule has 0 aliphatic rings. The standard InChI is InChI=1S/C23H22Cl3NO2/c1-28-22-7-3-5-18(23(22)29-15-16-4-2-6-19(24)12-16)14-27-11-10-17-8-9-20(25)13-21(17)26/h2-9,12-13,27H,10-11,14-15H2,1H3. The first-order valence-corrected chi connectivity index (χ1v) is 10.4. The van der Waals surface area contributed by atoms with Crippen LogP contribution in [0.2, 0.25) is 15.1 Å². The monoisotopic (exact) mass is 449 g/mol. The second-order valence-corrected chi connectivity index (χ2v) is 7.81. The Morgan fingerprint density at radius 3 is 2.41 bits per heavy atom. The van der Waals surface area contributed by atoms with Crippen molar-refractivity contribution < 1.29 is 9.47 Å². The molecule has 0 heterocycles. The Kier molecular flexibility index (Phi) is 8.08. The summed E-state index contributed by atoms with van der Waals surface area (Å²) in [7, 11) is 1.64. The Morgan fingerprint density at radius 1 is 0.862 bits per heavy atom. The van der Waals surface area contributed by atoms with Crippen molar-refractivity contribution >= 4 is 34.8 Å². The molecule has 0 atom stereocenters. The van der Waals surface area contributed by atoms with Crippen LogP contribution in [0.1, 0.15) is 16.7 Å². The van der Waals surface area contributed by atoms with Crippen LogP contribution >= 0.6 is 34.8 Å². The van der Waals surface area contributed by atoms with Gasteiger partial charge in [-0.2, -0.15) is 0 Å². The van der Waals surface area contributed by atoms with E-state index in [0.29, 0.717) is 34.0 Å². The summed E-state index contributed by atoms with van der Waals surface area (Å²) in [6.07, 6.45) is 0.804. The summed E-state index contributed by atoms with van der Waals surface area (Å²) in [5.74, 6) is 1.43. The average molecular weight is 451 g/mol. The van der Waals surface area contributed by atoms with Gasteiger partial charge in [0.2, 0.25) is 0 Å². The Labute approximate surface area is 186 Å². The van der Waals surface area contributed by atoms with Crippen LogP contribution in [0.25, 0.3) is 0 Å². The molecule has 3 aromatic carbocycles. The number of ether oxygens (including phenoxy) is 2. The van der Waals surface area contributed by atoms with Crippen molar-refractivity contribution in [3.63, 3.8) is 0 Å². The lowest BCUT2D eigenvalue weighted by molar-refractivity contribution is 0.280. The van der Waals surface area contributed by atoms with Gasteiger partial charge in [-0.1, -0.05) is 65.1 Å². The average Bonchev–Trinajstić information content (AvgIpc) is 2.71. The van der Waals surface area contributed by atoms with Crippen LogP contribution < -0.4 is 14.8 Å². The SMILES string of the molecule is COc1cccc(CNCCc2ccc(Cl)cc2Cl)c1OCc1cccc(Cl)c1. The lowest BCUT2D eigenvalue weighted by atomic mass is 10.1. The first kappa shape index (κ1) is 21.8. The van der Waals surface area contributed by atoms with Gasteiger partial charge in [-0.05, 0) is 54.4 Å². The first-order valence-electron chi connectivity index (χ1n) is 9.24. The van der Waals surface area contributed by atoms with Gasteiger partial charge in [-0.25, -0.2) is 0 Å². The fourth-order valence-electron chi connectivity index (χ4n) is 2.98. The van der Waals surface area contributed by atoms with E-state index in [0.717, 1.165) is 35.4 Å². The number of halogens is 3. The minimum atomic E-state index is 0.411. The maximum absolute atomic E-state index is 6.24. The van der Waals surface area contributed by atoms with Crippen molar-refractivity contribution in [1.29, 1.82) is 0 Å². The predicted octanol–water partition coefficient (Wildman–Crippen LogP) is 6.57. The maximum atomic E-state index is 6.24. The molecule has 0 aromatic heterocycles. The van der Waals surface area contributed by atoms with E-state index in [9.17, 15) is 0 Å². The highest BCUT2D eigenvalue weighted by atomic mass is 35.5. The molecule has 1 N–H and O–H groups in total. The van der Waals surface area contributed by atoms with Crippen LogP contribution in [0.15, 0.2) is 60.7 Å². The molecule has 0 aliphatic heterocycles. The lowest BCUT2D eigenvalue weighted by Gasteiger charge is -2.16. The molecule has 29 heavy (non-hydrogen) atoms. The molecular formula is C23H22Cl3NO2. The minimum Gasteiger partial charge on any atom is -0.493 e. The molecule has 0 fully saturated rings. The Balaban J connectivity index is 1.62. The van der Waals surface area contributed by atoms with E-state index < -0.39 is 0 Å². The largest absolute Gasteiger partial charge is 0.493 e. The number of hydrogen-bond donors (Lipinski definition) is 1. The van der Waals surface area contributed by atoms with Crippen LogP contribution in [-0.4, -0.2) is 13.7 Å². The van der Waals surface area contributed by atoms with Gasteiger partial charge >= 0.3 is 0 Å². The molecule has 0 saturated heterocycles. The Bertz CT molecular complexity index is 963. The van der Waals surface area contributed by atoms with Crippen molar-refractivity contribution in [2.45, 2.75) is 19.6 Å².